The van der Waals surface area contributed by atoms with Crippen molar-refractivity contribution in [1.82, 2.24) is 0 Å². The molecule has 0 aliphatic carbocycles. The van der Waals surface area contributed by atoms with Crippen molar-refractivity contribution >= 4 is 27.8 Å². The van der Waals surface area contributed by atoms with Crippen LogP contribution in [-0.4, -0.2) is 27.5 Å². The van der Waals surface area contributed by atoms with E-state index in [0.29, 0.717) is 23.2 Å². The number of nitrogens with zero attached hydrogens (tertiary/aromatic N) is 1. The number of hydrogen-bond donors (Lipinski definition) is 0. The van der Waals surface area contributed by atoms with Gasteiger partial charge in [-0.2, -0.15) is 0 Å². The van der Waals surface area contributed by atoms with Gasteiger partial charge >= 0.3 is 5.97 Å². The molecule has 0 aromatic heterocycles. The van der Waals surface area contributed by atoms with Gasteiger partial charge in [0.2, 0.25) is 0 Å². The van der Waals surface area contributed by atoms with Crippen LogP contribution in [0.1, 0.15) is 24.5 Å². The highest BCUT2D eigenvalue weighted by molar-refractivity contribution is 7.92. The van der Waals surface area contributed by atoms with Crippen LogP contribution in [0.3, 0.4) is 0 Å². The normalized spacial score (nSPS) is 14.2. The molecule has 0 saturated heterocycles. The summed E-state index contributed by atoms with van der Waals surface area (Å²) in [5.41, 5.74) is 2.71. The fraction of sp³-hybridized carbons (Fsp3) is 0.250. The molecule has 1 heterocycles. The molecule has 1 aliphatic rings. The summed E-state index contributed by atoms with van der Waals surface area (Å²) in [4.78, 5) is 12.4. The van der Waals surface area contributed by atoms with Crippen LogP contribution in [0.4, 0.5) is 5.69 Å². The van der Waals surface area contributed by atoms with Crippen molar-refractivity contribution in [2.45, 2.75) is 25.2 Å². The molecule has 6 heteroatoms. The molecule has 2 aromatic carbocycles. The maximum atomic E-state index is 13.2. The Morgan fingerprint density at radius 3 is 2.50 bits per heavy atom. The number of rotatable bonds is 4. The molecule has 0 bridgehead atoms. The van der Waals surface area contributed by atoms with E-state index >= 15 is 0 Å². The number of fused-ring (bicyclic) bond motifs is 1. The van der Waals surface area contributed by atoms with Crippen molar-refractivity contribution in [3.05, 3.63) is 65.2 Å². The van der Waals surface area contributed by atoms with Crippen LogP contribution in [0.15, 0.2) is 59.0 Å². The number of anilines is 1. The average molecular weight is 371 g/mol. The number of carbonyl (C=O) groups is 1. The van der Waals surface area contributed by atoms with Gasteiger partial charge in [0.25, 0.3) is 10.0 Å². The zero-order chi connectivity index (χ0) is 18.7. The average Bonchev–Trinajstić information content (AvgIpc) is 2.82. The van der Waals surface area contributed by atoms with Gasteiger partial charge in [0.1, 0.15) is 0 Å². The van der Waals surface area contributed by atoms with Gasteiger partial charge in [0, 0.05) is 12.1 Å². The van der Waals surface area contributed by atoms with Crippen LogP contribution in [0.5, 0.6) is 0 Å². The minimum Gasteiger partial charge on any atom is -0.463 e. The second-order valence-electron chi connectivity index (χ2n) is 6.09. The molecule has 1 aliphatic heterocycles. The van der Waals surface area contributed by atoms with Crippen LogP contribution in [0.25, 0.3) is 6.08 Å². The van der Waals surface area contributed by atoms with Crippen molar-refractivity contribution < 1.29 is 17.9 Å². The maximum absolute atomic E-state index is 13.2. The van der Waals surface area contributed by atoms with Gasteiger partial charge in [0.15, 0.2) is 0 Å². The van der Waals surface area contributed by atoms with Gasteiger partial charge in [-0.3, -0.25) is 4.31 Å². The lowest BCUT2D eigenvalue weighted by Crippen LogP contribution is -2.32. The second-order valence-corrected chi connectivity index (χ2v) is 7.95. The fourth-order valence-corrected chi connectivity index (χ4v) is 4.40. The molecular formula is C20H21NO4S. The Labute approximate surface area is 154 Å². The topological polar surface area (TPSA) is 63.7 Å². The van der Waals surface area contributed by atoms with E-state index in [1.54, 1.807) is 55.5 Å². The first-order valence-electron chi connectivity index (χ1n) is 8.49. The van der Waals surface area contributed by atoms with Gasteiger partial charge in [-0.25, -0.2) is 13.2 Å². The van der Waals surface area contributed by atoms with Crippen LogP contribution in [0.2, 0.25) is 0 Å². The number of sulfonamides is 1. The highest BCUT2D eigenvalue weighted by atomic mass is 32.2. The van der Waals surface area contributed by atoms with E-state index < -0.39 is 16.0 Å². The third kappa shape index (κ3) is 3.51. The van der Waals surface area contributed by atoms with E-state index in [2.05, 4.69) is 0 Å². The van der Waals surface area contributed by atoms with E-state index in [1.165, 1.54) is 4.31 Å². The zero-order valence-electron chi connectivity index (χ0n) is 14.8. The lowest BCUT2D eigenvalue weighted by Gasteiger charge is -2.24. The Balaban J connectivity index is 2.04. The number of esters is 1. The molecular weight excluding hydrogens is 350 g/mol. The van der Waals surface area contributed by atoms with E-state index in [1.807, 2.05) is 13.0 Å². The summed E-state index contributed by atoms with van der Waals surface area (Å²) in [5, 5.41) is 0. The molecule has 0 atom stereocenters. The van der Waals surface area contributed by atoms with Gasteiger partial charge in [-0.05, 0) is 50.1 Å². The standard InChI is InChI=1S/C20H21NO4S/c1-3-25-20(22)17-12-13-21(19-7-5-4-6-16(19)14-17)26(23,24)18-10-8-15(2)9-11-18/h4-11,14H,3,12-13H2,1-2H3. The van der Waals surface area contributed by atoms with Crippen molar-refractivity contribution in [2.24, 2.45) is 0 Å². The smallest absolute Gasteiger partial charge is 0.334 e. The molecule has 5 nitrogen and oxygen atoms in total. The van der Waals surface area contributed by atoms with Crippen molar-refractivity contribution in [2.75, 3.05) is 17.5 Å². The Morgan fingerprint density at radius 1 is 1.12 bits per heavy atom. The Bertz CT molecular complexity index is 946. The van der Waals surface area contributed by atoms with Gasteiger partial charge < -0.3 is 4.74 Å². The number of carbonyl (C=O) groups excluding carboxylic acids is 1. The van der Waals surface area contributed by atoms with Gasteiger partial charge in [0.05, 0.1) is 17.2 Å². The number of para-hydroxylation sites is 1. The SMILES string of the molecule is CCOC(=O)C1=Cc2ccccc2N(S(=O)(=O)c2ccc(C)cc2)CC1. The summed E-state index contributed by atoms with van der Waals surface area (Å²) < 4.78 is 32.9. The Kier molecular flexibility index (Phi) is 5.13. The first kappa shape index (κ1) is 18.2. The molecule has 0 radical (unpaired) electrons. The lowest BCUT2D eigenvalue weighted by molar-refractivity contribution is -0.138. The Hall–Kier alpha value is -2.60. The summed E-state index contributed by atoms with van der Waals surface area (Å²) in [5.74, 6) is -0.406. The molecule has 0 spiro atoms. The maximum Gasteiger partial charge on any atom is 0.334 e. The number of ether oxygens (including phenoxy) is 1. The van der Waals surface area contributed by atoms with Gasteiger partial charge in [-0.15, -0.1) is 0 Å². The monoisotopic (exact) mass is 371 g/mol. The predicted molar refractivity (Wildman–Crippen MR) is 101 cm³/mol. The molecule has 0 unspecified atom stereocenters. The number of hydrogen-bond acceptors (Lipinski definition) is 4. The second kappa shape index (κ2) is 7.33. The number of benzene rings is 2. The van der Waals surface area contributed by atoms with Crippen molar-refractivity contribution in [3.63, 3.8) is 0 Å². The summed E-state index contributed by atoms with van der Waals surface area (Å²) in [6, 6.07) is 13.9. The van der Waals surface area contributed by atoms with E-state index in [4.69, 9.17) is 4.74 Å². The lowest BCUT2D eigenvalue weighted by atomic mass is 10.1. The molecule has 0 saturated carbocycles. The van der Waals surface area contributed by atoms with E-state index in [9.17, 15) is 13.2 Å². The van der Waals surface area contributed by atoms with Crippen LogP contribution in [0, 0.1) is 6.92 Å². The molecule has 3 rings (SSSR count). The third-order valence-electron chi connectivity index (χ3n) is 4.27. The highest BCUT2D eigenvalue weighted by Gasteiger charge is 2.29. The van der Waals surface area contributed by atoms with E-state index in [-0.39, 0.29) is 18.0 Å². The highest BCUT2D eigenvalue weighted by Crippen LogP contribution is 2.32. The molecule has 2 aromatic rings. The molecule has 0 fully saturated rings. The van der Waals surface area contributed by atoms with Crippen LogP contribution < -0.4 is 4.31 Å². The van der Waals surface area contributed by atoms with Crippen LogP contribution in [-0.2, 0) is 19.6 Å². The quantitative estimate of drug-likeness (QED) is 0.771. The van der Waals surface area contributed by atoms with Gasteiger partial charge in [-0.1, -0.05) is 35.9 Å². The summed E-state index contributed by atoms with van der Waals surface area (Å²) >= 11 is 0. The summed E-state index contributed by atoms with van der Waals surface area (Å²) in [7, 11) is -3.73. The predicted octanol–water partition coefficient (Wildman–Crippen LogP) is 3.54. The van der Waals surface area contributed by atoms with E-state index in [0.717, 1.165) is 5.56 Å². The van der Waals surface area contributed by atoms with Crippen molar-refractivity contribution in [1.29, 1.82) is 0 Å². The fourth-order valence-electron chi connectivity index (χ4n) is 2.91. The van der Waals surface area contributed by atoms with Crippen molar-refractivity contribution in [3.8, 4) is 0 Å². The first-order chi connectivity index (χ1) is 12.4. The zero-order valence-corrected chi connectivity index (χ0v) is 15.6. The molecule has 136 valence electrons. The molecule has 26 heavy (non-hydrogen) atoms. The first-order valence-corrected chi connectivity index (χ1v) is 9.93. The minimum absolute atomic E-state index is 0.178. The number of aryl methyl sites for hydroxylation is 1. The molecule has 0 N–H and O–H groups in total. The summed E-state index contributed by atoms with van der Waals surface area (Å²) in [6.07, 6.45) is 2.01. The third-order valence-corrected chi connectivity index (χ3v) is 6.09. The van der Waals surface area contributed by atoms with Crippen LogP contribution >= 0.6 is 0 Å². The summed E-state index contributed by atoms with van der Waals surface area (Å²) in [6.45, 7) is 4.12. The minimum atomic E-state index is -3.73. The Morgan fingerprint density at radius 2 is 1.81 bits per heavy atom. The molecule has 0 amide bonds. The largest absolute Gasteiger partial charge is 0.463 e.